The largest absolute Gasteiger partial charge is 0.336 e. The van der Waals surface area contributed by atoms with E-state index in [1.54, 1.807) is 29.2 Å². The van der Waals surface area contributed by atoms with Gasteiger partial charge in [0.1, 0.15) is 11.6 Å². The molecule has 2 saturated heterocycles. The van der Waals surface area contributed by atoms with E-state index >= 15 is 0 Å². The van der Waals surface area contributed by atoms with E-state index in [2.05, 4.69) is 4.90 Å². The van der Waals surface area contributed by atoms with E-state index in [9.17, 15) is 18.4 Å². The smallest absolute Gasteiger partial charge is 0.253 e. The molecule has 0 bridgehead atoms. The van der Waals surface area contributed by atoms with E-state index in [1.165, 1.54) is 0 Å². The normalized spacial score (nSPS) is 16.9. The third-order valence-corrected chi connectivity index (χ3v) is 6.66. The molecule has 5 nitrogen and oxygen atoms in total. The van der Waals surface area contributed by atoms with Crippen LogP contribution in [0.4, 0.5) is 8.78 Å². The molecule has 0 N–H and O–H groups in total. The maximum atomic E-state index is 14.0. The van der Waals surface area contributed by atoms with Crippen molar-refractivity contribution in [1.82, 2.24) is 14.7 Å². The molecule has 5 rings (SSSR count). The second-order valence-corrected chi connectivity index (χ2v) is 8.76. The lowest BCUT2D eigenvalue weighted by Gasteiger charge is -2.48. The second kappa shape index (κ2) is 9.35. The first-order chi connectivity index (χ1) is 16.5. The third-order valence-electron chi connectivity index (χ3n) is 6.66. The van der Waals surface area contributed by atoms with Crippen molar-refractivity contribution in [2.45, 2.75) is 6.04 Å². The summed E-state index contributed by atoms with van der Waals surface area (Å²) in [7, 11) is 0. The number of hydrogen-bond donors (Lipinski definition) is 0. The molecule has 0 aromatic heterocycles. The molecule has 0 unspecified atom stereocenters. The number of likely N-dealkylation sites (tertiary alicyclic amines) is 1. The van der Waals surface area contributed by atoms with Crippen LogP contribution in [0.5, 0.6) is 0 Å². The molecule has 3 aromatic carbocycles. The number of carbonyl (C=O) groups excluding carboxylic acids is 2. The van der Waals surface area contributed by atoms with Gasteiger partial charge in [0.2, 0.25) is 0 Å². The number of amides is 2. The third kappa shape index (κ3) is 4.43. The van der Waals surface area contributed by atoms with Crippen LogP contribution in [0.15, 0.2) is 72.8 Å². The minimum atomic E-state index is -0.506. The standard InChI is InChI=1S/C27H25F2N3O2/c28-22-10-11-25(29)24(16-22)19-6-8-21(9-7-19)27(34)32-17-23(18-32)30-12-14-31(15-13-30)26(33)20-4-2-1-3-5-20/h1-11,16,23H,12-15,17-18H2. The number of hydrogen-bond acceptors (Lipinski definition) is 3. The zero-order valence-electron chi connectivity index (χ0n) is 18.7. The second-order valence-electron chi connectivity index (χ2n) is 8.76. The highest BCUT2D eigenvalue weighted by atomic mass is 19.1. The summed E-state index contributed by atoms with van der Waals surface area (Å²) in [4.78, 5) is 31.5. The summed E-state index contributed by atoms with van der Waals surface area (Å²) in [5.74, 6) is -1.02. The molecule has 7 heteroatoms. The van der Waals surface area contributed by atoms with Crippen molar-refractivity contribution in [1.29, 1.82) is 0 Å². The fraction of sp³-hybridized carbons (Fsp3) is 0.259. The zero-order chi connectivity index (χ0) is 23.7. The van der Waals surface area contributed by atoms with E-state index < -0.39 is 11.6 Å². The molecule has 2 heterocycles. The average molecular weight is 462 g/mol. The summed E-state index contributed by atoms with van der Waals surface area (Å²) in [6, 6.07) is 19.5. The molecular formula is C27H25F2N3O2. The molecule has 0 saturated carbocycles. The molecule has 2 fully saturated rings. The Morgan fingerprint density at radius 1 is 0.706 bits per heavy atom. The van der Waals surface area contributed by atoms with Gasteiger partial charge in [-0.1, -0.05) is 30.3 Å². The predicted octanol–water partition coefficient (Wildman–Crippen LogP) is 3.91. The van der Waals surface area contributed by atoms with E-state index in [0.717, 1.165) is 31.3 Å². The van der Waals surface area contributed by atoms with Crippen LogP contribution in [0.2, 0.25) is 0 Å². The van der Waals surface area contributed by atoms with Crippen LogP contribution >= 0.6 is 0 Å². The molecule has 0 spiro atoms. The number of carbonyl (C=O) groups is 2. The zero-order valence-corrected chi connectivity index (χ0v) is 18.7. The van der Waals surface area contributed by atoms with Gasteiger partial charge in [0.25, 0.3) is 11.8 Å². The molecule has 2 aliphatic heterocycles. The molecule has 0 radical (unpaired) electrons. The average Bonchev–Trinajstić information content (AvgIpc) is 2.85. The number of rotatable bonds is 4. The van der Waals surface area contributed by atoms with E-state index in [-0.39, 0.29) is 17.4 Å². The molecule has 174 valence electrons. The Balaban J connectivity index is 1.13. The lowest BCUT2D eigenvalue weighted by Crippen LogP contribution is -2.64. The topological polar surface area (TPSA) is 43.9 Å². The molecule has 3 aromatic rings. The quantitative estimate of drug-likeness (QED) is 0.592. The van der Waals surface area contributed by atoms with Gasteiger partial charge in [-0.05, 0) is 48.0 Å². The van der Waals surface area contributed by atoms with E-state index in [1.807, 2.05) is 35.2 Å². The van der Waals surface area contributed by atoms with Gasteiger partial charge in [0.05, 0.1) is 0 Å². The van der Waals surface area contributed by atoms with Gasteiger partial charge in [-0.15, -0.1) is 0 Å². The Bertz CT molecular complexity index is 1190. The van der Waals surface area contributed by atoms with Crippen LogP contribution in [0.3, 0.4) is 0 Å². The van der Waals surface area contributed by atoms with Gasteiger partial charge in [0, 0.05) is 62.0 Å². The summed E-state index contributed by atoms with van der Waals surface area (Å²) in [6.45, 7) is 4.22. The monoisotopic (exact) mass is 461 g/mol. The minimum absolute atomic E-state index is 0.0623. The SMILES string of the molecule is O=C(c1ccccc1)N1CCN(C2CN(C(=O)c3ccc(-c4cc(F)ccc4F)cc3)C2)CC1. The van der Waals surface area contributed by atoms with Crippen molar-refractivity contribution in [3.05, 3.63) is 95.6 Å². The Hall–Kier alpha value is -3.58. The first kappa shape index (κ1) is 22.2. The Kier molecular flexibility index (Phi) is 6.11. The van der Waals surface area contributed by atoms with Gasteiger partial charge in [-0.25, -0.2) is 8.78 Å². The number of piperazine rings is 1. The number of benzene rings is 3. The molecule has 34 heavy (non-hydrogen) atoms. The summed E-state index contributed by atoms with van der Waals surface area (Å²) >= 11 is 0. The van der Waals surface area contributed by atoms with Crippen molar-refractivity contribution in [3.8, 4) is 11.1 Å². The van der Waals surface area contributed by atoms with Crippen molar-refractivity contribution in [2.24, 2.45) is 0 Å². The molecule has 0 aliphatic carbocycles. The van der Waals surface area contributed by atoms with Crippen molar-refractivity contribution >= 4 is 11.8 Å². The maximum absolute atomic E-state index is 14.0. The summed E-state index contributed by atoms with van der Waals surface area (Å²) < 4.78 is 27.5. The van der Waals surface area contributed by atoms with Crippen LogP contribution < -0.4 is 0 Å². The highest BCUT2D eigenvalue weighted by Crippen LogP contribution is 2.26. The first-order valence-electron chi connectivity index (χ1n) is 11.4. The van der Waals surface area contributed by atoms with Gasteiger partial charge in [0.15, 0.2) is 0 Å². The van der Waals surface area contributed by atoms with Gasteiger partial charge in [-0.2, -0.15) is 0 Å². The fourth-order valence-corrected chi connectivity index (χ4v) is 4.60. The van der Waals surface area contributed by atoms with Gasteiger partial charge < -0.3 is 9.80 Å². The Labute approximate surface area is 197 Å². The summed E-state index contributed by atoms with van der Waals surface area (Å²) in [5, 5.41) is 0. The summed E-state index contributed by atoms with van der Waals surface area (Å²) in [5.41, 5.74) is 1.94. The van der Waals surface area contributed by atoms with Crippen molar-refractivity contribution < 1.29 is 18.4 Å². The highest BCUT2D eigenvalue weighted by Gasteiger charge is 2.37. The van der Waals surface area contributed by atoms with Crippen LogP contribution in [-0.2, 0) is 0 Å². The Morgan fingerprint density at radius 3 is 2.00 bits per heavy atom. The van der Waals surface area contributed by atoms with E-state index in [4.69, 9.17) is 0 Å². The minimum Gasteiger partial charge on any atom is -0.336 e. The molecule has 0 atom stereocenters. The van der Waals surface area contributed by atoms with Gasteiger partial charge >= 0.3 is 0 Å². The lowest BCUT2D eigenvalue weighted by molar-refractivity contribution is 0.00854. The molecular weight excluding hydrogens is 436 g/mol. The van der Waals surface area contributed by atoms with Crippen LogP contribution in [0, 0.1) is 11.6 Å². The fourth-order valence-electron chi connectivity index (χ4n) is 4.60. The summed E-state index contributed by atoms with van der Waals surface area (Å²) in [6.07, 6.45) is 0. The van der Waals surface area contributed by atoms with Crippen LogP contribution in [0.25, 0.3) is 11.1 Å². The molecule has 2 aliphatic rings. The van der Waals surface area contributed by atoms with Crippen molar-refractivity contribution in [2.75, 3.05) is 39.3 Å². The number of nitrogens with zero attached hydrogens (tertiary/aromatic N) is 3. The lowest BCUT2D eigenvalue weighted by atomic mass is 10.0. The highest BCUT2D eigenvalue weighted by molar-refractivity contribution is 5.95. The molecule has 2 amide bonds. The van der Waals surface area contributed by atoms with Crippen molar-refractivity contribution in [3.63, 3.8) is 0 Å². The van der Waals surface area contributed by atoms with Crippen LogP contribution in [-0.4, -0.2) is 71.8 Å². The predicted molar refractivity (Wildman–Crippen MR) is 125 cm³/mol. The van der Waals surface area contributed by atoms with E-state index in [0.29, 0.717) is 48.9 Å². The number of halogens is 2. The Morgan fingerprint density at radius 2 is 1.32 bits per heavy atom. The maximum Gasteiger partial charge on any atom is 0.253 e. The van der Waals surface area contributed by atoms with Gasteiger partial charge in [-0.3, -0.25) is 14.5 Å². The van der Waals surface area contributed by atoms with Crippen LogP contribution in [0.1, 0.15) is 20.7 Å². The first-order valence-corrected chi connectivity index (χ1v) is 11.4.